The Labute approximate surface area is 135 Å². The van der Waals surface area contributed by atoms with Gasteiger partial charge < -0.3 is 10.0 Å². The monoisotopic (exact) mass is 302 g/mol. The SMILES string of the molecule is CC(C)CC=C(CN1C[C@H](O)[C@@H](N(C)C)C1)c1ccccc1. The van der Waals surface area contributed by atoms with Crippen molar-refractivity contribution in [2.75, 3.05) is 33.7 Å². The number of β-amino-alcohol motifs (C(OH)–C–C–N with tert-alkyl or cyclic N) is 1. The van der Waals surface area contributed by atoms with E-state index in [1.807, 2.05) is 14.1 Å². The van der Waals surface area contributed by atoms with Crippen molar-refractivity contribution in [3.8, 4) is 0 Å². The fourth-order valence-corrected chi connectivity index (χ4v) is 3.03. The third kappa shape index (κ3) is 4.67. The molecule has 1 aromatic carbocycles. The van der Waals surface area contributed by atoms with E-state index in [4.69, 9.17) is 0 Å². The lowest BCUT2D eigenvalue weighted by Gasteiger charge is -2.22. The Morgan fingerprint density at radius 2 is 1.95 bits per heavy atom. The highest BCUT2D eigenvalue weighted by atomic mass is 16.3. The van der Waals surface area contributed by atoms with Crippen molar-refractivity contribution in [2.45, 2.75) is 32.4 Å². The summed E-state index contributed by atoms with van der Waals surface area (Å²) in [4.78, 5) is 4.50. The van der Waals surface area contributed by atoms with Crippen molar-refractivity contribution in [3.63, 3.8) is 0 Å². The Balaban J connectivity index is 2.09. The van der Waals surface area contributed by atoms with Gasteiger partial charge in [0, 0.05) is 25.7 Å². The molecule has 0 bridgehead atoms. The maximum atomic E-state index is 10.2. The van der Waals surface area contributed by atoms with Gasteiger partial charge in [-0.3, -0.25) is 4.90 Å². The molecule has 122 valence electrons. The number of hydrogen-bond donors (Lipinski definition) is 1. The molecular weight excluding hydrogens is 272 g/mol. The topological polar surface area (TPSA) is 26.7 Å². The molecule has 1 saturated heterocycles. The van der Waals surface area contributed by atoms with Gasteiger partial charge in [-0.25, -0.2) is 0 Å². The first-order valence-electron chi connectivity index (χ1n) is 8.28. The first kappa shape index (κ1) is 17.2. The first-order valence-corrected chi connectivity index (χ1v) is 8.28. The van der Waals surface area contributed by atoms with Crippen LogP contribution in [0.4, 0.5) is 0 Å². The van der Waals surface area contributed by atoms with E-state index in [-0.39, 0.29) is 12.1 Å². The van der Waals surface area contributed by atoms with Crippen molar-refractivity contribution < 1.29 is 5.11 Å². The minimum Gasteiger partial charge on any atom is -0.390 e. The molecule has 1 aliphatic heterocycles. The smallest absolute Gasteiger partial charge is 0.0834 e. The largest absolute Gasteiger partial charge is 0.390 e. The Hall–Kier alpha value is -1.16. The van der Waals surface area contributed by atoms with Crippen LogP contribution in [-0.4, -0.2) is 60.8 Å². The zero-order valence-electron chi connectivity index (χ0n) is 14.4. The van der Waals surface area contributed by atoms with E-state index < -0.39 is 0 Å². The van der Waals surface area contributed by atoms with E-state index in [1.165, 1.54) is 11.1 Å². The average Bonchev–Trinajstić information content (AvgIpc) is 2.85. The second kappa shape index (κ2) is 7.91. The number of likely N-dealkylation sites (N-methyl/N-ethyl adjacent to an activating group) is 1. The van der Waals surface area contributed by atoms with Crippen LogP contribution in [0.1, 0.15) is 25.8 Å². The second-order valence-electron chi connectivity index (χ2n) is 7.02. The van der Waals surface area contributed by atoms with Crippen molar-refractivity contribution >= 4 is 5.57 Å². The molecular formula is C19H30N2O. The van der Waals surface area contributed by atoms with Crippen LogP contribution in [0.2, 0.25) is 0 Å². The van der Waals surface area contributed by atoms with Crippen LogP contribution in [0.25, 0.3) is 5.57 Å². The van der Waals surface area contributed by atoms with Crippen LogP contribution in [0.5, 0.6) is 0 Å². The number of likely N-dealkylation sites (tertiary alicyclic amines) is 1. The van der Waals surface area contributed by atoms with Gasteiger partial charge in [0.2, 0.25) is 0 Å². The predicted molar refractivity (Wildman–Crippen MR) is 93.8 cm³/mol. The fourth-order valence-electron chi connectivity index (χ4n) is 3.03. The van der Waals surface area contributed by atoms with Gasteiger partial charge in [0.05, 0.1) is 6.10 Å². The highest BCUT2D eigenvalue weighted by Gasteiger charge is 2.32. The van der Waals surface area contributed by atoms with Gasteiger partial charge in [0.1, 0.15) is 0 Å². The molecule has 2 atom stereocenters. The van der Waals surface area contributed by atoms with E-state index in [1.54, 1.807) is 0 Å². The zero-order chi connectivity index (χ0) is 16.1. The van der Waals surface area contributed by atoms with Gasteiger partial charge in [-0.2, -0.15) is 0 Å². The number of aliphatic hydroxyl groups excluding tert-OH is 1. The molecule has 3 nitrogen and oxygen atoms in total. The molecule has 3 heteroatoms. The Kier molecular flexibility index (Phi) is 6.18. The molecule has 1 fully saturated rings. The molecule has 0 aromatic heterocycles. The predicted octanol–water partition coefficient (Wildman–Crippen LogP) is 2.72. The first-order chi connectivity index (χ1) is 10.5. The normalized spacial score (nSPS) is 23.7. The third-order valence-electron chi connectivity index (χ3n) is 4.37. The molecule has 0 saturated carbocycles. The number of aliphatic hydroxyl groups is 1. The summed E-state index contributed by atoms with van der Waals surface area (Å²) < 4.78 is 0. The van der Waals surface area contributed by atoms with E-state index in [0.717, 1.165) is 26.1 Å². The zero-order valence-corrected chi connectivity index (χ0v) is 14.4. The number of allylic oxidation sites excluding steroid dienone is 1. The molecule has 1 aromatic rings. The molecule has 2 rings (SSSR count). The summed E-state index contributed by atoms with van der Waals surface area (Å²) in [6.45, 7) is 7.11. The second-order valence-corrected chi connectivity index (χ2v) is 7.02. The van der Waals surface area contributed by atoms with Crippen molar-refractivity contribution in [1.82, 2.24) is 9.80 Å². The number of nitrogens with zero attached hydrogens (tertiary/aromatic N) is 2. The molecule has 0 spiro atoms. The van der Waals surface area contributed by atoms with Gasteiger partial charge >= 0.3 is 0 Å². The summed E-state index contributed by atoms with van der Waals surface area (Å²) >= 11 is 0. The van der Waals surface area contributed by atoms with E-state index in [0.29, 0.717) is 5.92 Å². The van der Waals surface area contributed by atoms with Crippen LogP contribution in [0.3, 0.4) is 0 Å². The van der Waals surface area contributed by atoms with E-state index in [2.05, 4.69) is 60.1 Å². The summed E-state index contributed by atoms with van der Waals surface area (Å²) in [5.41, 5.74) is 2.67. The summed E-state index contributed by atoms with van der Waals surface area (Å²) in [5.74, 6) is 0.664. The lowest BCUT2D eigenvalue weighted by atomic mass is 10.0. The van der Waals surface area contributed by atoms with Gasteiger partial charge in [-0.05, 0) is 37.6 Å². The summed E-state index contributed by atoms with van der Waals surface area (Å²) in [6, 6.07) is 10.9. The molecule has 1 N–H and O–H groups in total. The summed E-state index contributed by atoms with van der Waals surface area (Å²) in [7, 11) is 4.09. The van der Waals surface area contributed by atoms with E-state index in [9.17, 15) is 5.11 Å². The number of benzene rings is 1. The Morgan fingerprint density at radius 3 is 2.50 bits per heavy atom. The quantitative estimate of drug-likeness (QED) is 0.875. The van der Waals surface area contributed by atoms with Crippen molar-refractivity contribution in [3.05, 3.63) is 42.0 Å². The van der Waals surface area contributed by atoms with E-state index >= 15 is 0 Å². The maximum absolute atomic E-state index is 10.2. The van der Waals surface area contributed by atoms with Crippen LogP contribution < -0.4 is 0 Å². The minimum absolute atomic E-state index is 0.238. The standard InChI is InChI=1S/C19H30N2O/c1-15(2)10-11-17(16-8-6-5-7-9-16)12-21-13-18(20(3)4)19(22)14-21/h5-9,11,15,18-19,22H,10,12-14H2,1-4H3/t18-,19-/m0/s1. The molecule has 1 aliphatic rings. The van der Waals surface area contributed by atoms with Crippen LogP contribution >= 0.6 is 0 Å². The lowest BCUT2D eigenvalue weighted by Crippen LogP contribution is -2.38. The number of hydrogen-bond acceptors (Lipinski definition) is 3. The maximum Gasteiger partial charge on any atom is 0.0834 e. The molecule has 0 amide bonds. The Bertz CT molecular complexity index is 481. The summed E-state index contributed by atoms with van der Waals surface area (Å²) in [5, 5.41) is 10.2. The van der Waals surface area contributed by atoms with Crippen molar-refractivity contribution in [2.24, 2.45) is 5.92 Å². The molecule has 0 aliphatic carbocycles. The van der Waals surface area contributed by atoms with Gasteiger partial charge in [0.15, 0.2) is 0 Å². The fraction of sp³-hybridized carbons (Fsp3) is 0.579. The molecule has 0 radical (unpaired) electrons. The van der Waals surface area contributed by atoms with Crippen molar-refractivity contribution in [1.29, 1.82) is 0 Å². The van der Waals surface area contributed by atoms with Gasteiger partial charge in [-0.15, -0.1) is 0 Å². The van der Waals surface area contributed by atoms with Crippen LogP contribution in [0.15, 0.2) is 36.4 Å². The molecule has 0 unspecified atom stereocenters. The van der Waals surface area contributed by atoms with Gasteiger partial charge in [-0.1, -0.05) is 50.3 Å². The average molecular weight is 302 g/mol. The highest BCUT2D eigenvalue weighted by Crippen LogP contribution is 2.22. The molecule has 1 heterocycles. The van der Waals surface area contributed by atoms with Crippen LogP contribution in [0, 0.1) is 5.92 Å². The molecule has 22 heavy (non-hydrogen) atoms. The Morgan fingerprint density at radius 1 is 1.27 bits per heavy atom. The van der Waals surface area contributed by atoms with Crippen LogP contribution in [-0.2, 0) is 0 Å². The highest BCUT2D eigenvalue weighted by molar-refractivity contribution is 5.66. The third-order valence-corrected chi connectivity index (χ3v) is 4.37. The number of rotatable bonds is 6. The lowest BCUT2D eigenvalue weighted by molar-refractivity contribution is 0.113. The van der Waals surface area contributed by atoms with Gasteiger partial charge in [0.25, 0.3) is 0 Å². The minimum atomic E-state index is -0.253. The summed E-state index contributed by atoms with van der Waals surface area (Å²) in [6.07, 6.45) is 3.21.